The quantitative estimate of drug-likeness (QED) is 0.815. The highest BCUT2D eigenvalue weighted by atomic mass is 16.2. The summed E-state index contributed by atoms with van der Waals surface area (Å²) in [5.74, 6) is 0.954. The molecule has 1 amide bonds. The van der Waals surface area contributed by atoms with Crippen LogP contribution in [-0.2, 0) is 13.0 Å². The van der Waals surface area contributed by atoms with E-state index in [4.69, 9.17) is 0 Å². The first-order valence-electron chi connectivity index (χ1n) is 10.0. The fraction of sp³-hybridized carbons (Fsp3) is 0.682. The molecule has 1 fully saturated rings. The predicted molar refractivity (Wildman–Crippen MR) is 104 cm³/mol. The van der Waals surface area contributed by atoms with E-state index in [9.17, 15) is 4.79 Å². The molecule has 2 aliphatic rings. The van der Waals surface area contributed by atoms with Crippen molar-refractivity contribution in [2.45, 2.75) is 59.9 Å². The molecule has 0 saturated carbocycles. The Hall–Kier alpha value is -1.35. The molecule has 3 heteroatoms. The minimum atomic E-state index is 0.228. The number of amides is 1. The lowest BCUT2D eigenvalue weighted by molar-refractivity contribution is 0.0608. The second kappa shape index (κ2) is 7.49. The number of fused-ring (bicyclic) bond motifs is 1. The first-order valence-corrected chi connectivity index (χ1v) is 10.0. The van der Waals surface area contributed by atoms with Gasteiger partial charge >= 0.3 is 0 Å². The molecule has 0 aliphatic carbocycles. The molecule has 138 valence electrons. The molecular weight excluding hydrogens is 308 g/mol. The lowest BCUT2D eigenvalue weighted by Crippen LogP contribution is -2.41. The Morgan fingerprint density at radius 2 is 1.84 bits per heavy atom. The minimum Gasteiger partial charge on any atom is -0.339 e. The van der Waals surface area contributed by atoms with Gasteiger partial charge in [0.25, 0.3) is 5.91 Å². The van der Waals surface area contributed by atoms with Gasteiger partial charge < -0.3 is 4.90 Å². The van der Waals surface area contributed by atoms with Gasteiger partial charge in [-0.2, -0.15) is 0 Å². The third-order valence-corrected chi connectivity index (χ3v) is 6.09. The summed E-state index contributed by atoms with van der Waals surface area (Å²) >= 11 is 0. The van der Waals surface area contributed by atoms with Crippen molar-refractivity contribution in [2.24, 2.45) is 11.3 Å². The summed E-state index contributed by atoms with van der Waals surface area (Å²) in [4.78, 5) is 17.5. The summed E-state index contributed by atoms with van der Waals surface area (Å²) in [6.45, 7) is 14.3. The Morgan fingerprint density at radius 1 is 1.12 bits per heavy atom. The van der Waals surface area contributed by atoms with Crippen molar-refractivity contribution in [3.8, 4) is 0 Å². The van der Waals surface area contributed by atoms with E-state index in [1.54, 1.807) is 0 Å². The van der Waals surface area contributed by atoms with Gasteiger partial charge in [-0.1, -0.05) is 33.8 Å². The van der Waals surface area contributed by atoms with Crippen LogP contribution in [0.2, 0.25) is 0 Å². The van der Waals surface area contributed by atoms with Gasteiger partial charge in [-0.3, -0.25) is 9.69 Å². The summed E-state index contributed by atoms with van der Waals surface area (Å²) in [6.07, 6.45) is 4.54. The van der Waals surface area contributed by atoms with Gasteiger partial charge in [-0.15, -0.1) is 0 Å². The summed E-state index contributed by atoms with van der Waals surface area (Å²) in [7, 11) is 0. The van der Waals surface area contributed by atoms with E-state index in [-0.39, 0.29) is 5.91 Å². The van der Waals surface area contributed by atoms with Crippen molar-refractivity contribution >= 4 is 5.91 Å². The van der Waals surface area contributed by atoms with Crippen LogP contribution in [0.4, 0.5) is 0 Å². The number of hydrogen-bond donors (Lipinski definition) is 0. The van der Waals surface area contributed by atoms with Crippen LogP contribution < -0.4 is 0 Å². The molecule has 0 bridgehead atoms. The van der Waals surface area contributed by atoms with Crippen LogP contribution in [0.5, 0.6) is 0 Å². The highest BCUT2D eigenvalue weighted by molar-refractivity contribution is 5.94. The number of rotatable bonds is 3. The molecule has 0 aromatic heterocycles. The third-order valence-electron chi connectivity index (χ3n) is 6.09. The Morgan fingerprint density at radius 3 is 2.48 bits per heavy atom. The fourth-order valence-electron chi connectivity index (χ4n) is 4.38. The molecule has 0 N–H and O–H groups in total. The van der Waals surface area contributed by atoms with Crippen molar-refractivity contribution in [1.29, 1.82) is 0 Å². The van der Waals surface area contributed by atoms with E-state index < -0.39 is 0 Å². The maximum absolute atomic E-state index is 12.9. The van der Waals surface area contributed by atoms with Crippen LogP contribution in [0.3, 0.4) is 0 Å². The number of nitrogens with zero attached hydrogens (tertiary/aromatic N) is 2. The van der Waals surface area contributed by atoms with Crippen LogP contribution >= 0.6 is 0 Å². The van der Waals surface area contributed by atoms with Gasteiger partial charge in [0.2, 0.25) is 0 Å². The molecule has 0 atom stereocenters. The van der Waals surface area contributed by atoms with Crippen LogP contribution in [0, 0.1) is 11.3 Å². The van der Waals surface area contributed by atoms with Gasteiger partial charge in [0.15, 0.2) is 0 Å². The van der Waals surface area contributed by atoms with Gasteiger partial charge in [-0.25, -0.2) is 0 Å². The molecule has 3 nitrogen and oxygen atoms in total. The molecule has 2 aliphatic heterocycles. The lowest BCUT2D eigenvalue weighted by Gasteiger charge is -2.39. The Bertz CT molecular complexity index is 609. The van der Waals surface area contributed by atoms with Gasteiger partial charge in [0, 0.05) is 31.7 Å². The molecule has 3 rings (SSSR count). The van der Waals surface area contributed by atoms with E-state index in [1.807, 2.05) is 6.07 Å². The highest BCUT2D eigenvalue weighted by Crippen LogP contribution is 2.34. The van der Waals surface area contributed by atoms with Crippen molar-refractivity contribution in [3.05, 3.63) is 34.9 Å². The molecule has 2 heterocycles. The number of hydrogen-bond acceptors (Lipinski definition) is 2. The Balaban J connectivity index is 1.64. The zero-order chi connectivity index (χ0) is 18.0. The third kappa shape index (κ3) is 4.25. The van der Waals surface area contributed by atoms with Crippen molar-refractivity contribution in [2.75, 3.05) is 26.2 Å². The molecule has 0 spiro atoms. The van der Waals surface area contributed by atoms with Crippen LogP contribution in [0.25, 0.3) is 0 Å². The minimum absolute atomic E-state index is 0.228. The number of carbonyl (C=O) groups is 1. The predicted octanol–water partition coefficient (Wildman–Crippen LogP) is 4.35. The summed E-state index contributed by atoms with van der Waals surface area (Å²) in [6, 6.07) is 6.40. The Labute approximate surface area is 153 Å². The van der Waals surface area contributed by atoms with E-state index in [0.29, 0.717) is 5.41 Å². The zero-order valence-corrected chi connectivity index (χ0v) is 16.5. The molecular formula is C22H34N2O. The molecule has 1 aromatic rings. The highest BCUT2D eigenvalue weighted by Gasteiger charge is 2.31. The largest absolute Gasteiger partial charge is 0.339 e. The number of likely N-dealkylation sites (tertiary alicyclic amines) is 1. The average Bonchev–Trinajstić information content (AvgIpc) is 2.60. The number of piperidine rings is 1. The van der Waals surface area contributed by atoms with Gasteiger partial charge in [0.05, 0.1) is 0 Å². The maximum Gasteiger partial charge on any atom is 0.253 e. The van der Waals surface area contributed by atoms with Gasteiger partial charge in [-0.05, 0) is 66.8 Å². The van der Waals surface area contributed by atoms with Crippen LogP contribution in [0.15, 0.2) is 18.2 Å². The van der Waals surface area contributed by atoms with E-state index >= 15 is 0 Å². The van der Waals surface area contributed by atoms with Crippen molar-refractivity contribution in [1.82, 2.24) is 9.80 Å². The van der Waals surface area contributed by atoms with Gasteiger partial charge in [0.1, 0.15) is 0 Å². The standard InChI is InChI=1S/C22H34N2O/c1-5-11-23-12-8-17-15-18(6-7-19(17)16-23)21(25)24-13-9-20(10-14-24)22(2,3)4/h6-7,15,20H,5,8-14,16H2,1-4H3. The second-order valence-corrected chi connectivity index (χ2v) is 8.94. The first kappa shape index (κ1) is 18.4. The van der Waals surface area contributed by atoms with Crippen LogP contribution in [-0.4, -0.2) is 41.9 Å². The summed E-state index contributed by atoms with van der Waals surface area (Å²) in [5.41, 5.74) is 4.02. The molecule has 1 aromatic carbocycles. The average molecular weight is 343 g/mol. The lowest BCUT2D eigenvalue weighted by atomic mass is 9.75. The fourth-order valence-corrected chi connectivity index (χ4v) is 4.38. The van der Waals surface area contributed by atoms with E-state index in [0.717, 1.165) is 56.9 Å². The smallest absolute Gasteiger partial charge is 0.253 e. The number of carbonyl (C=O) groups excluding carboxylic acids is 1. The monoisotopic (exact) mass is 342 g/mol. The molecule has 1 saturated heterocycles. The van der Waals surface area contributed by atoms with E-state index in [2.05, 4.69) is 49.6 Å². The van der Waals surface area contributed by atoms with Crippen molar-refractivity contribution in [3.63, 3.8) is 0 Å². The second-order valence-electron chi connectivity index (χ2n) is 8.94. The molecule has 0 unspecified atom stereocenters. The SMILES string of the molecule is CCCN1CCc2cc(C(=O)N3CCC(C(C)(C)C)CC3)ccc2C1. The van der Waals surface area contributed by atoms with Crippen molar-refractivity contribution < 1.29 is 4.79 Å². The first-order chi connectivity index (χ1) is 11.9. The normalized spacial score (nSPS) is 19.8. The zero-order valence-electron chi connectivity index (χ0n) is 16.5. The topological polar surface area (TPSA) is 23.6 Å². The maximum atomic E-state index is 12.9. The van der Waals surface area contributed by atoms with Crippen LogP contribution in [0.1, 0.15) is 68.4 Å². The number of benzene rings is 1. The Kier molecular flexibility index (Phi) is 5.52. The summed E-state index contributed by atoms with van der Waals surface area (Å²) < 4.78 is 0. The van der Waals surface area contributed by atoms with E-state index in [1.165, 1.54) is 24.1 Å². The molecule has 25 heavy (non-hydrogen) atoms. The molecule has 0 radical (unpaired) electrons. The summed E-state index contributed by atoms with van der Waals surface area (Å²) in [5, 5.41) is 0.